The maximum Gasteiger partial charge on any atom is 0.253 e. The number of pyridine rings is 1. The van der Waals surface area contributed by atoms with Crippen molar-refractivity contribution in [2.24, 2.45) is 5.10 Å². The molecule has 0 saturated heterocycles. The van der Waals surface area contributed by atoms with Crippen LogP contribution >= 0.6 is 23.1 Å². The number of rotatable bonds is 5. The van der Waals surface area contributed by atoms with Crippen molar-refractivity contribution in [3.63, 3.8) is 0 Å². The van der Waals surface area contributed by atoms with E-state index in [0.29, 0.717) is 22.8 Å². The molecule has 4 rings (SSSR count). The van der Waals surface area contributed by atoms with Crippen LogP contribution in [-0.4, -0.2) is 27.4 Å². The number of amides is 1. The van der Waals surface area contributed by atoms with Gasteiger partial charge in [0.15, 0.2) is 0 Å². The Hall–Kier alpha value is -2.89. The maximum absolute atomic E-state index is 13.2. The number of carbonyl (C=O) groups is 1. The van der Waals surface area contributed by atoms with Crippen molar-refractivity contribution in [3.8, 4) is 6.07 Å². The van der Waals surface area contributed by atoms with Crippen LogP contribution in [0, 0.1) is 39.0 Å². The highest BCUT2D eigenvalue weighted by Gasteiger charge is 2.34. The number of aryl methyl sites for hydroxylation is 2. The number of furan rings is 1. The fourth-order valence-corrected chi connectivity index (χ4v) is 5.27. The zero-order chi connectivity index (χ0) is 22.1. The van der Waals surface area contributed by atoms with E-state index in [9.17, 15) is 10.1 Å². The Balaban J connectivity index is 1.59. The molecule has 0 aliphatic carbocycles. The average molecular weight is 451 g/mol. The highest BCUT2D eigenvalue weighted by molar-refractivity contribution is 8.00. The van der Waals surface area contributed by atoms with Crippen LogP contribution in [0.25, 0.3) is 0 Å². The van der Waals surface area contributed by atoms with Gasteiger partial charge in [-0.1, -0.05) is 17.8 Å². The van der Waals surface area contributed by atoms with E-state index in [1.807, 2.05) is 57.3 Å². The molecule has 0 bridgehead atoms. The molecule has 1 aliphatic heterocycles. The van der Waals surface area contributed by atoms with Gasteiger partial charge in [0.05, 0.1) is 17.4 Å². The molecule has 1 amide bonds. The Kier molecular flexibility index (Phi) is 5.99. The van der Waals surface area contributed by atoms with Gasteiger partial charge >= 0.3 is 0 Å². The van der Waals surface area contributed by atoms with E-state index < -0.39 is 0 Å². The van der Waals surface area contributed by atoms with Crippen molar-refractivity contribution in [2.75, 3.05) is 5.75 Å². The van der Waals surface area contributed by atoms with E-state index in [1.165, 1.54) is 11.8 Å². The fourth-order valence-electron chi connectivity index (χ4n) is 3.52. The number of hydrogen-bond acceptors (Lipinski definition) is 7. The van der Waals surface area contributed by atoms with Gasteiger partial charge in [-0.25, -0.2) is 9.99 Å². The second-order valence-electron chi connectivity index (χ2n) is 7.46. The third-order valence-electron chi connectivity index (χ3n) is 5.47. The number of hydrazone groups is 1. The normalized spacial score (nSPS) is 15.8. The van der Waals surface area contributed by atoms with Gasteiger partial charge < -0.3 is 4.42 Å². The number of thioether (sulfide) groups is 1. The molecule has 6 nitrogen and oxygen atoms in total. The Labute approximate surface area is 189 Å². The summed E-state index contributed by atoms with van der Waals surface area (Å²) in [6.45, 7) is 7.69. The molecule has 3 aromatic rings. The molecule has 0 radical (unpaired) electrons. The molecule has 1 atom stereocenters. The summed E-state index contributed by atoms with van der Waals surface area (Å²) < 4.78 is 5.74. The van der Waals surface area contributed by atoms with Crippen LogP contribution < -0.4 is 0 Å². The van der Waals surface area contributed by atoms with Crippen LogP contribution in [-0.2, 0) is 4.79 Å². The highest BCUT2D eigenvalue weighted by Crippen LogP contribution is 2.36. The molecule has 158 valence electrons. The van der Waals surface area contributed by atoms with E-state index >= 15 is 0 Å². The average Bonchev–Trinajstić information content (AvgIpc) is 3.50. The lowest BCUT2D eigenvalue weighted by Gasteiger charge is -2.20. The van der Waals surface area contributed by atoms with Gasteiger partial charge in [0.25, 0.3) is 5.91 Å². The first-order valence-electron chi connectivity index (χ1n) is 9.89. The van der Waals surface area contributed by atoms with Crippen molar-refractivity contribution < 1.29 is 9.21 Å². The summed E-state index contributed by atoms with van der Waals surface area (Å²) in [5, 5.41) is 18.4. The number of hydrogen-bond donors (Lipinski definition) is 0. The van der Waals surface area contributed by atoms with Crippen LogP contribution in [0.2, 0.25) is 0 Å². The summed E-state index contributed by atoms with van der Waals surface area (Å²) in [7, 11) is 0. The summed E-state index contributed by atoms with van der Waals surface area (Å²) in [5.74, 6) is 1.54. The topological polar surface area (TPSA) is 82.5 Å². The highest BCUT2D eigenvalue weighted by atomic mass is 32.2. The number of nitriles is 1. The van der Waals surface area contributed by atoms with E-state index in [0.717, 1.165) is 33.2 Å². The van der Waals surface area contributed by atoms with Crippen LogP contribution in [0.3, 0.4) is 0 Å². The number of carbonyl (C=O) groups excluding carboxylic acids is 1. The molecular weight excluding hydrogens is 428 g/mol. The molecule has 0 N–H and O–H groups in total. The summed E-state index contributed by atoms with van der Waals surface area (Å²) >= 11 is 2.90. The summed E-state index contributed by atoms with van der Waals surface area (Å²) in [6, 6.07) is 9.88. The van der Waals surface area contributed by atoms with Gasteiger partial charge in [-0.15, -0.1) is 11.3 Å². The van der Waals surface area contributed by atoms with Crippen molar-refractivity contribution in [1.29, 1.82) is 5.26 Å². The van der Waals surface area contributed by atoms with Gasteiger partial charge in [-0.2, -0.15) is 10.4 Å². The summed E-state index contributed by atoms with van der Waals surface area (Å²) in [4.78, 5) is 18.8. The molecule has 0 aromatic carbocycles. The van der Waals surface area contributed by atoms with Gasteiger partial charge in [-0.3, -0.25) is 4.79 Å². The zero-order valence-corrected chi connectivity index (χ0v) is 19.4. The van der Waals surface area contributed by atoms with E-state index in [-0.39, 0.29) is 17.7 Å². The molecule has 0 spiro atoms. The lowest BCUT2D eigenvalue weighted by Crippen LogP contribution is -2.28. The quantitative estimate of drug-likeness (QED) is 0.492. The molecule has 0 saturated carbocycles. The summed E-state index contributed by atoms with van der Waals surface area (Å²) in [6.07, 6.45) is 0.605. The molecular formula is C23H22N4O2S2. The predicted octanol–water partition coefficient (Wildman–Crippen LogP) is 5.31. The fraction of sp³-hybridized carbons (Fsp3) is 0.304. The minimum Gasteiger partial charge on any atom is -0.460 e. The van der Waals surface area contributed by atoms with Crippen molar-refractivity contribution >= 4 is 34.7 Å². The second kappa shape index (κ2) is 8.69. The zero-order valence-electron chi connectivity index (χ0n) is 17.8. The molecule has 31 heavy (non-hydrogen) atoms. The number of aromatic nitrogens is 1. The monoisotopic (exact) mass is 450 g/mol. The van der Waals surface area contributed by atoms with Gasteiger partial charge in [0.2, 0.25) is 0 Å². The lowest BCUT2D eigenvalue weighted by atomic mass is 10.1. The molecule has 8 heteroatoms. The minimum absolute atomic E-state index is 0.122. The van der Waals surface area contributed by atoms with Crippen LogP contribution in [0.5, 0.6) is 0 Å². The van der Waals surface area contributed by atoms with E-state index in [2.05, 4.69) is 16.2 Å². The summed E-state index contributed by atoms with van der Waals surface area (Å²) in [5.41, 5.74) is 4.09. The van der Waals surface area contributed by atoms with Crippen LogP contribution in [0.15, 0.2) is 44.2 Å². The number of thiophene rings is 1. The SMILES string of the molecule is Cc1ccc(C2=NN(C(=O)CSc3nc(C)c(C)c(C)c3C#N)[C@H](c3cccs3)C2)o1. The molecule has 1 aliphatic rings. The Bertz CT molecular complexity index is 1210. The van der Waals surface area contributed by atoms with Gasteiger partial charge in [0.1, 0.15) is 28.3 Å². The first-order valence-corrected chi connectivity index (χ1v) is 11.8. The minimum atomic E-state index is -0.154. The van der Waals surface area contributed by atoms with Gasteiger partial charge in [0, 0.05) is 17.0 Å². The second-order valence-corrected chi connectivity index (χ2v) is 9.40. The number of nitrogens with zero attached hydrogens (tertiary/aromatic N) is 4. The Morgan fingerprint density at radius 2 is 2.10 bits per heavy atom. The van der Waals surface area contributed by atoms with Crippen LogP contribution in [0.1, 0.15) is 51.2 Å². The smallest absolute Gasteiger partial charge is 0.253 e. The third kappa shape index (κ3) is 4.16. The molecule has 4 heterocycles. The first kappa shape index (κ1) is 21.3. The lowest BCUT2D eigenvalue weighted by molar-refractivity contribution is -0.130. The first-order chi connectivity index (χ1) is 14.9. The molecule has 0 unspecified atom stereocenters. The predicted molar refractivity (Wildman–Crippen MR) is 122 cm³/mol. The van der Waals surface area contributed by atoms with Crippen molar-refractivity contribution in [1.82, 2.24) is 9.99 Å². The maximum atomic E-state index is 13.2. The van der Waals surface area contributed by atoms with Crippen molar-refractivity contribution in [2.45, 2.75) is 45.2 Å². The Morgan fingerprint density at radius 1 is 1.29 bits per heavy atom. The van der Waals surface area contributed by atoms with Crippen molar-refractivity contribution in [3.05, 3.63) is 68.4 Å². The Morgan fingerprint density at radius 3 is 2.74 bits per heavy atom. The molecule has 0 fully saturated rings. The largest absolute Gasteiger partial charge is 0.460 e. The van der Waals surface area contributed by atoms with E-state index in [1.54, 1.807) is 16.3 Å². The van der Waals surface area contributed by atoms with Crippen LogP contribution in [0.4, 0.5) is 0 Å². The standard InChI is InChI=1S/C23H22N4O2S2/c1-13-7-8-20(29-13)18-10-19(21-6-5-9-30-21)27(26-18)22(28)12-31-23-17(11-24)15(3)14(2)16(4)25-23/h5-9,19H,10,12H2,1-4H3/t19-/m0/s1. The van der Waals surface area contributed by atoms with Gasteiger partial charge in [-0.05, 0) is 62.4 Å². The van der Waals surface area contributed by atoms with E-state index in [4.69, 9.17) is 4.42 Å². The third-order valence-corrected chi connectivity index (χ3v) is 7.40. The molecule has 3 aromatic heterocycles.